The minimum Gasteiger partial charge on any atom is -0.493 e. The Kier molecular flexibility index (Phi) is 6.32. The van der Waals surface area contributed by atoms with Crippen molar-refractivity contribution < 1.29 is 28.5 Å². The number of aliphatic carboxylic acids is 1. The lowest BCUT2D eigenvalue weighted by atomic mass is 9.88. The Morgan fingerprint density at radius 2 is 1.76 bits per heavy atom. The molecule has 2 atom stereocenters. The third-order valence-corrected chi connectivity index (χ3v) is 7.51. The number of para-hydroxylation sites is 1. The van der Waals surface area contributed by atoms with E-state index in [-0.39, 0.29) is 18.3 Å². The topological polar surface area (TPSA) is 78.1 Å². The molecule has 3 aromatic carbocycles. The molecule has 6 heteroatoms. The summed E-state index contributed by atoms with van der Waals surface area (Å²) in [6, 6.07) is 20.5. The molecule has 0 saturated heterocycles. The zero-order valence-electron chi connectivity index (χ0n) is 21.5. The summed E-state index contributed by atoms with van der Waals surface area (Å²) in [5.74, 6) is 2.72. The Hall–Kier alpha value is -4.19. The maximum Gasteiger partial charge on any atom is 0.304 e. The summed E-state index contributed by atoms with van der Waals surface area (Å²) in [7, 11) is 0. The van der Waals surface area contributed by atoms with E-state index in [0.29, 0.717) is 19.8 Å². The standard InChI is InChI=1S/C32H30O6/c1-19-11-25(36-18-24-5-4-10-35-24)12-20(2)31(19)28-7-3-6-27-22(17-38-32(27)28)13-21-8-9-26-23(15-30(33)34)16-37-29(26)14-21/h3-12,14,22-23H,13,15-18H2,1-2H3,(H,33,34)/t22-,23-/m1/s1. The smallest absolute Gasteiger partial charge is 0.304 e. The van der Waals surface area contributed by atoms with E-state index < -0.39 is 5.97 Å². The van der Waals surface area contributed by atoms with E-state index in [2.05, 4.69) is 56.3 Å². The first kappa shape index (κ1) is 24.2. The summed E-state index contributed by atoms with van der Waals surface area (Å²) in [6.45, 7) is 5.65. The fourth-order valence-electron chi connectivity index (χ4n) is 5.77. The molecular weight excluding hydrogens is 480 g/mol. The quantitative estimate of drug-likeness (QED) is 0.281. The predicted octanol–water partition coefficient (Wildman–Crippen LogP) is 6.81. The van der Waals surface area contributed by atoms with Gasteiger partial charge in [-0.3, -0.25) is 4.79 Å². The van der Waals surface area contributed by atoms with Gasteiger partial charge in [0.25, 0.3) is 0 Å². The van der Waals surface area contributed by atoms with Crippen LogP contribution < -0.4 is 14.2 Å². The Morgan fingerprint density at radius 3 is 2.53 bits per heavy atom. The largest absolute Gasteiger partial charge is 0.493 e. The number of carboxylic acids is 1. The van der Waals surface area contributed by atoms with Crippen molar-refractivity contribution in [2.75, 3.05) is 13.2 Å². The molecule has 4 aromatic rings. The molecule has 0 aliphatic carbocycles. The first-order chi connectivity index (χ1) is 18.5. The van der Waals surface area contributed by atoms with Gasteiger partial charge in [0.1, 0.15) is 29.6 Å². The number of carboxylic acid groups (broad SMARTS) is 1. The number of aryl methyl sites for hydroxylation is 2. The van der Waals surface area contributed by atoms with Crippen molar-refractivity contribution in [2.45, 2.75) is 45.1 Å². The van der Waals surface area contributed by atoms with Crippen LogP contribution in [0.2, 0.25) is 0 Å². The molecule has 1 N–H and O–H groups in total. The molecule has 6 nitrogen and oxygen atoms in total. The van der Waals surface area contributed by atoms with Gasteiger partial charge in [-0.05, 0) is 72.9 Å². The van der Waals surface area contributed by atoms with Crippen molar-refractivity contribution in [1.82, 2.24) is 0 Å². The van der Waals surface area contributed by atoms with Gasteiger partial charge in [0.05, 0.1) is 25.9 Å². The van der Waals surface area contributed by atoms with Crippen LogP contribution in [-0.4, -0.2) is 24.3 Å². The zero-order chi connectivity index (χ0) is 26.2. The Balaban J connectivity index is 1.22. The lowest BCUT2D eigenvalue weighted by Gasteiger charge is -2.16. The number of fused-ring (bicyclic) bond motifs is 2. The van der Waals surface area contributed by atoms with Crippen molar-refractivity contribution >= 4 is 5.97 Å². The summed E-state index contributed by atoms with van der Waals surface area (Å²) in [4.78, 5) is 11.2. The average molecular weight is 511 g/mol. The fourth-order valence-corrected chi connectivity index (χ4v) is 5.77. The van der Waals surface area contributed by atoms with E-state index in [0.717, 1.165) is 57.2 Å². The first-order valence-electron chi connectivity index (χ1n) is 13.0. The minimum absolute atomic E-state index is 0.0805. The second-order valence-electron chi connectivity index (χ2n) is 10.2. The molecule has 0 amide bonds. The normalized spacial score (nSPS) is 17.4. The van der Waals surface area contributed by atoms with Gasteiger partial charge in [0, 0.05) is 28.5 Å². The van der Waals surface area contributed by atoms with Crippen LogP contribution in [0.25, 0.3) is 11.1 Å². The van der Waals surface area contributed by atoms with Crippen molar-refractivity contribution in [2.24, 2.45) is 0 Å². The molecule has 0 spiro atoms. The number of furan rings is 1. The first-order valence-corrected chi connectivity index (χ1v) is 13.0. The monoisotopic (exact) mass is 510 g/mol. The third-order valence-electron chi connectivity index (χ3n) is 7.51. The molecular formula is C32H30O6. The molecule has 0 fully saturated rings. The van der Waals surface area contributed by atoms with Crippen molar-refractivity contribution in [3.05, 3.63) is 101 Å². The lowest BCUT2D eigenvalue weighted by Crippen LogP contribution is -2.07. The van der Waals surface area contributed by atoms with E-state index in [1.54, 1.807) is 6.26 Å². The van der Waals surface area contributed by atoms with Crippen LogP contribution >= 0.6 is 0 Å². The molecule has 2 aliphatic heterocycles. The molecule has 6 rings (SSSR count). The molecule has 1 aromatic heterocycles. The van der Waals surface area contributed by atoms with Crippen LogP contribution in [-0.2, 0) is 17.8 Å². The summed E-state index contributed by atoms with van der Waals surface area (Å²) >= 11 is 0. The maximum atomic E-state index is 11.2. The summed E-state index contributed by atoms with van der Waals surface area (Å²) < 4.78 is 23.5. The average Bonchev–Trinajstić information content (AvgIpc) is 3.64. The number of ether oxygens (including phenoxy) is 3. The maximum absolute atomic E-state index is 11.2. The van der Waals surface area contributed by atoms with Crippen molar-refractivity contribution in [3.63, 3.8) is 0 Å². The minimum atomic E-state index is -0.799. The number of hydrogen-bond donors (Lipinski definition) is 1. The van der Waals surface area contributed by atoms with Crippen LogP contribution in [0, 0.1) is 13.8 Å². The third kappa shape index (κ3) is 4.62. The zero-order valence-corrected chi connectivity index (χ0v) is 21.5. The second kappa shape index (κ2) is 9.93. The molecule has 38 heavy (non-hydrogen) atoms. The highest BCUT2D eigenvalue weighted by Gasteiger charge is 2.30. The van der Waals surface area contributed by atoms with Gasteiger partial charge in [-0.15, -0.1) is 0 Å². The molecule has 194 valence electrons. The highest BCUT2D eigenvalue weighted by atomic mass is 16.5. The van der Waals surface area contributed by atoms with E-state index in [1.807, 2.05) is 18.2 Å². The predicted molar refractivity (Wildman–Crippen MR) is 143 cm³/mol. The van der Waals surface area contributed by atoms with Gasteiger partial charge in [-0.1, -0.05) is 30.3 Å². The van der Waals surface area contributed by atoms with Crippen LogP contribution in [0.5, 0.6) is 17.2 Å². The molecule has 0 saturated carbocycles. The molecule has 0 radical (unpaired) electrons. The van der Waals surface area contributed by atoms with Crippen molar-refractivity contribution in [3.8, 4) is 28.4 Å². The number of carbonyl (C=O) groups is 1. The van der Waals surface area contributed by atoms with Gasteiger partial charge < -0.3 is 23.7 Å². The van der Waals surface area contributed by atoms with Crippen LogP contribution in [0.3, 0.4) is 0 Å². The molecule has 0 bridgehead atoms. The van der Waals surface area contributed by atoms with Gasteiger partial charge in [0.15, 0.2) is 0 Å². The van der Waals surface area contributed by atoms with Crippen molar-refractivity contribution in [1.29, 1.82) is 0 Å². The molecule has 3 heterocycles. The Bertz CT molecular complexity index is 1460. The van der Waals surface area contributed by atoms with Crippen LogP contribution in [0.4, 0.5) is 0 Å². The summed E-state index contributed by atoms with van der Waals surface area (Å²) in [5, 5.41) is 9.17. The SMILES string of the molecule is Cc1cc(OCc2ccco2)cc(C)c1-c1cccc2c1OC[C@H]2Cc1ccc2c(c1)OC[C@H]2CC(=O)O. The molecule has 2 aliphatic rings. The summed E-state index contributed by atoms with van der Waals surface area (Å²) in [6.07, 6.45) is 2.57. The van der Waals surface area contributed by atoms with Gasteiger partial charge in [-0.25, -0.2) is 0 Å². The lowest BCUT2D eigenvalue weighted by molar-refractivity contribution is -0.137. The van der Waals surface area contributed by atoms with Gasteiger partial charge in [0.2, 0.25) is 0 Å². The highest BCUT2D eigenvalue weighted by Crippen LogP contribution is 2.46. The van der Waals surface area contributed by atoms with Gasteiger partial charge >= 0.3 is 5.97 Å². The Labute approximate surface area is 221 Å². The van der Waals surface area contributed by atoms with Crippen LogP contribution in [0.15, 0.2) is 71.3 Å². The van der Waals surface area contributed by atoms with Crippen LogP contribution in [0.1, 0.15) is 51.8 Å². The fraction of sp³-hybridized carbons (Fsp3) is 0.281. The summed E-state index contributed by atoms with van der Waals surface area (Å²) in [5.41, 5.74) is 7.90. The Morgan fingerprint density at radius 1 is 0.947 bits per heavy atom. The van der Waals surface area contributed by atoms with E-state index >= 15 is 0 Å². The number of hydrogen-bond acceptors (Lipinski definition) is 5. The number of rotatable bonds is 8. The van der Waals surface area contributed by atoms with Gasteiger partial charge in [-0.2, -0.15) is 0 Å². The van der Waals surface area contributed by atoms with E-state index in [4.69, 9.17) is 23.7 Å². The molecule has 0 unspecified atom stereocenters. The number of benzene rings is 3. The highest BCUT2D eigenvalue weighted by molar-refractivity contribution is 5.79. The van der Waals surface area contributed by atoms with E-state index in [1.165, 1.54) is 11.1 Å². The van der Waals surface area contributed by atoms with E-state index in [9.17, 15) is 4.79 Å². The second-order valence-corrected chi connectivity index (χ2v) is 10.2.